The van der Waals surface area contributed by atoms with Crippen molar-refractivity contribution >= 4 is 28.8 Å². The number of nitrogens with zero attached hydrogens (tertiary/aromatic N) is 1. The van der Waals surface area contributed by atoms with Crippen molar-refractivity contribution in [1.82, 2.24) is 4.90 Å². The minimum absolute atomic E-state index is 0.0940. The fourth-order valence-corrected chi connectivity index (χ4v) is 3.06. The van der Waals surface area contributed by atoms with Crippen LogP contribution in [0.2, 0.25) is 0 Å². The number of nitrogens with one attached hydrogen (secondary N) is 2. The summed E-state index contributed by atoms with van der Waals surface area (Å²) >= 11 is 0. The first-order chi connectivity index (χ1) is 14.8. The van der Waals surface area contributed by atoms with Crippen LogP contribution in [0.3, 0.4) is 0 Å². The second-order valence-electron chi connectivity index (χ2n) is 6.93. The molecule has 2 aromatic carbocycles. The fraction of sp³-hybridized carbons (Fsp3) is 0.273. The number of rotatable bonds is 6. The number of ether oxygens (including phenoxy) is 1. The van der Waals surface area contributed by atoms with Gasteiger partial charge in [-0.1, -0.05) is 30.3 Å². The van der Waals surface area contributed by atoms with Crippen molar-refractivity contribution in [2.24, 2.45) is 0 Å². The quantitative estimate of drug-likeness (QED) is 0.684. The largest absolute Gasteiger partial charge is 0.417 e. The standard InChI is InChI=1S/C22H22F3N3O3/c23-22(24,25)19(16-4-2-1-3-5-16)14-20(29)26-17-6-8-18(9-7-17)27-21(30)15-28-10-12-31-13-11-28/h1-9,14H,10-13,15H2,(H,26,29)(H,27,30)/b19-14+. The van der Waals surface area contributed by atoms with E-state index in [-0.39, 0.29) is 18.0 Å². The highest BCUT2D eigenvalue weighted by atomic mass is 19.4. The lowest BCUT2D eigenvalue weighted by Gasteiger charge is -2.25. The first-order valence-corrected chi connectivity index (χ1v) is 9.66. The van der Waals surface area contributed by atoms with Crippen LogP contribution in [0.25, 0.3) is 5.57 Å². The number of carbonyl (C=O) groups is 2. The summed E-state index contributed by atoms with van der Waals surface area (Å²) in [6.45, 7) is 2.81. The van der Waals surface area contributed by atoms with Crippen LogP contribution in [0.5, 0.6) is 0 Å². The van der Waals surface area contributed by atoms with Gasteiger partial charge in [0.25, 0.3) is 0 Å². The van der Waals surface area contributed by atoms with E-state index < -0.39 is 17.7 Å². The molecule has 0 unspecified atom stereocenters. The number of benzene rings is 2. The second-order valence-corrected chi connectivity index (χ2v) is 6.93. The van der Waals surface area contributed by atoms with Crippen LogP contribution in [0.15, 0.2) is 60.7 Å². The van der Waals surface area contributed by atoms with E-state index in [1.807, 2.05) is 4.90 Å². The predicted octanol–water partition coefficient (Wildman–Crippen LogP) is 3.54. The zero-order valence-electron chi connectivity index (χ0n) is 16.6. The normalized spacial score (nSPS) is 15.4. The van der Waals surface area contributed by atoms with Gasteiger partial charge in [-0.3, -0.25) is 14.5 Å². The summed E-state index contributed by atoms with van der Waals surface area (Å²) in [7, 11) is 0. The average Bonchev–Trinajstić information content (AvgIpc) is 2.74. The summed E-state index contributed by atoms with van der Waals surface area (Å²) < 4.78 is 45.3. The molecule has 1 aliphatic rings. The molecule has 2 aromatic rings. The maximum atomic E-state index is 13.3. The summed E-state index contributed by atoms with van der Waals surface area (Å²) in [5, 5.41) is 5.16. The number of hydrogen-bond acceptors (Lipinski definition) is 4. The fourth-order valence-electron chi connectivity index (χ4n) is 3.06. The molecule has 1 heterocycles. The highest BCUT2D eigenvalue weighted by Gasteiger charge is 2.35. The third kappa shape index (κ3) is 6.94. The van der Waals surface area contributed by atoms with Gasteiger partial charge in [0.2, 0.25) is 11.8 Å². The van der Waals surface area contributed by atoms with E-state index in [1.54, 1.807) is 18.2 Å². The molecule has 1 fully saturated rings. The number of amides is 2. The van der Waals surface area contributed by atoms with Crippen LogP contribution in [-0.4, -0.2) is 55.7 Å². The average molecular weight is 433 g/mol. The molecule has 31 heavy (non-hydrogen) atoms. The van der Waals surface area contributed by atoms with Crippen LogP contribution in [0.4, 0.5) is 24.5 Å². The summed E-state index contributed by atoms with van der Waals surface area (Å²) in [5.41, 5.74) is -0.296. The molecule has 2 amide bonds. The van der Waals surface area contributed by atoms with Gasteiger partial charge in [0.1, 0.15) is 0 Å². The maximum absolute atomic E-state index is 13.3. The minimum atomic E-state index is -4.67. The summed E-state index contributed by atoms with van der Waals surface area (Å²) in [5.74, 6) is -1.08. The van der Waals surface area contributed by atoms with E-state index in [9.17, 15) is 22.8 Å². The number of allylic oxidation sites excluding steroid dienone is 1. The highest BCUT2D eigenvalue weighted by Crippen LogP contribution is 2.33. The Morgan fingerprint density at radius 3 is 2.10 bits per heavy atom. The van der Waals surface area contributed by atoms with Crippen LogP contribution >= 0.6 is 0 Å². The van der Waals surface area contributed by atoms with Gasteiger partial charge in [0.15, 0.2) is 0 Å². The van der Waals surface area contributed by atoms with Crippen LogP contribution < -0.4 is 10.6 Å². The number of halogens is 3. The molecule has 3 rings (SSSR count). The van der Waals surface area contributed by atoms with Crippen molar-refractivity contribution in [3.63, 3.8) is 0 Å². The van der Waals surface area contributed by atoms with Crippen molar-refractivity contribution in [3.8, 4) is 0 Å². The third-order valence-corrected chi connectivity index (χ3v) is 4.57. The SMILES string of the molecule is O=C(/C=C(\c1ccccc1)C(F)(F)F)Nc1ccc(NC(=O)CN2CCOCC2)cc1. The van der Waals surface area contributed by atoms with Gasteiger partial charge in [0, 0.05) is 30.5 Å². The van der Waals surface area contributed by atoms with Gasteiger partial charge in [-0.25, -0.2) is 0 Å². The van der Waals surface area contributed by atoms with E-state index >= 15 is 0 Å². The molecule has 0 atom stereocenters. The molecule has 1 saturated heterocycles. The Morgan fingerprint density at radius 2 is 1.52 bits per heavy atom. The molecule has 0 saturated carbocycles. The summed E-state index contributed by atoms with van der Waals surface area (Å²) in [4.78, 5) is 26.2. The molecule has 0 aromatic heterocycles. The Balaban J connectivity index is 1.60. The van der Waals surface area contributed by atoms with Gasteiger partial charge >= 0.3 is 6.18 Å². The van der Waals surface area contributed by atoms with E-state index in [0.717, 1.165) is 0 Å². The second kappa shape index (κ2) is 10.2. The smallest absolute Gasteiger partial charge is 0.379 e. The van der Waals surface area contributed by atoms with Gasteiger partial charge in [-0.05, 0) is 29.8 Å². The molecule has 2 N–H and O–H groups in total. The minimum Gasteiger partial charge on any atom is -0.379 e. The Labute approximate surface area is 177 Å². The molecule has 6 nitrogen and oxygen atoms in total. The zero-order chi connectivity index (χ0) is 22.3. The molecule has 0 bridgehead atoms. The monoisotopic (exact) mass is 433 g/mol. The number of carbonyl (C=O) groups excluding carboxylic acids is 2. The molecule has 0 spiro atoms. The summed E-state index contributed by atoms with van der Waals surface area (Å²) in [6.07, 6.45) is -4.14. The lowest BCUT2D eigenvalue weighted by molar-refractivity contribution is -0.118. The van der Waals surface area contributed by atoms with E-state index in [0.29, 0.717) is 43.8 Å². The molecule has 1 aliphatic heterocycles. The number of morpholine rings is 1. The van der Waals surface area contributed by atoms with Gasteiger partial charge in [-0.2, -0.15) is 13.2 Å². The predicted molar refractivity (Wildman–Crippen MR) is 111 cm³/mol. The first kappa shape index (κ1) is 22.5. The number of alkyl halides is 3. The van der Waals surface area contributed by atoms with Crippen molar-refractivity contribution in [2.75, 3.05) is 43.5 Å². The zero-order valence-corrected chi connectivity index (χ0v) is 16.6. The van der Waals surface area contributed by atoms with Crippen LogP contribution in [0, 0.1) is 0 Å². The van der Waals surface area contributed by atoms with Gasteiger partial charge < -0.3 is 15.4 Å². The first-order valence-electron chi connectivity index (χ1n) is 9.66. The van der Waals surface area contributed by atoms with Gasteiger partial charge in [-0.15, -0.1) is 0 Å². The van der Waals surface area contributed by atoms with Gasteiger partial charge in [0.05, 0.1) is 25.3 Å². The lowest BCUT2D eigenvalue weighted by atomic mass is 10.1. The highest BCUT2D eigenvalue weighted by molar-refractivity contribution is 6.04. The molecule has 9 heteroatoms. The Morgan fingerprint density at radius 1 is 0.935 bits per heavy atom. The van der Waals surface area contributed by atoms with Crippen LogP contribution in [0.1, 0.15) is 5.56 Å². The van der Waals surface area contributed by atoms with Crippen LogP contribution in [-0.2, 0) is 14.3 Å². The maximum Gasteiger partial charge on any atom is 0.417 e. The van der Waals surface area contributed by atoms with Crippen molar-refractivity contribution in [1.29, 1.82) is 0 Å². The molecular weight excluding hydrogens is 411 g/mol. The molecule has 0 radical (unpaired) electrons. The van der Waals surface area contributed by atoms with E-state index in [1.165, 1.54) is 36.4 Å². The Kier molecular flexibility index (Phi) is 7.43. The van der Waals surface area contributed by atoms with Crippen molar-refractivity contribution < 1.29 is 27.5 Å². The van der Waals surface area contributed by atoms with E-state index in [4.69, 9.17) is 4.74 Å². The van der Waals surface area contributed by atoms with Crippen molar-refractivity contribution in [2.45, 2.75) is 6.18 Å². The number of anilines is 2. The number of hydrogen-bond donors (Lipinski definition) is 2. The Bertz CT molecular complexity index is 923. The Hall–Kier alpha value is -3.17. The topological polar surface area (TPSA) is 70.7 Å². The molecular formula is C22H22F3N3O3. The molecule has 0 aliphatic carbocycles. The van der Waals surface area contributed by atoms with E-state index in [2.05, 4.69) is 10.6 Å². The molecule has 164 valence electrons. The van der Waals surface area contributed by atoms with Crippen molar-refractivity contribution in [3.05, 3.63) is 66.2 Å². The summed E-state index contributed by atoms with van der Waals surface area (Å²) in [6, 6.07) is 13.3. The lowest BCUT2D eigenvalue weighted by Crippen LogP contribution is -2.41. The third-order valence-electron chi connectivity index (χ3n) is 4.57.